The van der Waals surface area contributed by atoms with E-state index in [1.54, 1.807) is 12.1 Å². The fraction of sp³-hybridized carbons (Fsp3) is 0.294. The van der Waals surface area contributed by atoms with E-state index in [1.165, 1.54) is 31.4 Å². The molecule has 0 amide bonds. The molecule has 0 unspecified atom stereocenters. The van der Waals surface area contributed by atoms with Crippen LogP contribution in [-0.2, 0) is 20.0 Å². The summed E-state index contributed by atoms with van der Waals surface area (Å²) in [6, 6.07) is 10.4. The molecule has 0 aliphatic carbocycles. The first-order chi connectivity index (χ1) is 12.1. The van der Waals surface area contributed by atoms with Crippen LogP contribution < -0.4 is 14.6 Å². The Hall–Kier alpha value is -2.10. The molecule has 2 rings (SSSR count). The van der Waals surface area contributed by atoms with Crippen molar-refractivity contribution in [2.45, 2.75) is 36.0 Å². The maximum Gasteiger partial charge on any atom is 0.261 e. The zero-order chi connectivity index (χ0) is 19.5. The topological polar surface area (TPSA) is 116 Å². The molecule has 7 nitrogen and oxygen atoms in total. The molecule has 0 aromatic heterocycles. The quantitative estimate of drug-likeness (QED) is 0.744. The summed E-state index contributed by atoms with van der Waals surface area (Å²) in [7, 11) is -6.64. The van der Waals surface area contributed by atoms with Crippen LogP contribution in [0.3, 0.4) is 0 Å². The highest BCUT2D eigenvalue weighted by Crippen LogP contribution is 2.28. The van der Waals surface area contributed by atoms with Gasteiger partial charge in [-0.25, -0.2) is 22.0 Å². The molecule has 0 heterocycles. The predicted molar refractivity (Wildman–Crippen MR) is 100 cm³/mol. The number of hydrogen-bond acceptors (Lipinski definition) is 5. The largest absolute Gasteiger partial charge is 0.495 e. The number of primary sulfonamides is 1. The van der Waals surface area contributed by atoms with Gasteiger partial charge in [0, 0.05) is 0 Å². The maximum absolute atomic E-state index is 12.5. The third kappa shape index (κ3) is 4.54. The lowest BCUT2D eigenvalue weighted by atomic mass is 9.99. The van der Waals surface area contributed by atoms with Crippen molar-refractivity contribution in [2.75, 3.05) is 11.8 Å². The Kier molecular flexibility index (Phi) is 5.94. The first-order valence-corrected chi connectivity index (χ1v) is 10.9. The highest BCUT2D eigenvalue weighted by atomic mass is 32.2. The standard InChI is InChI=1S/C17H22N2O5S2/c1-4-12(2)13-5-8-15(9-6-13)26(22,23)19-14-7-10-16(24-3)17(11-14)25(18,20)21/h5-12,19H,4H2,1-3H3,(H2,18,20,21)/t12-/m0/s1. The van der Waals surface area contributed by atoms with Gasteiger partial charge in [0.15, 0.2) is 0 Å². The van der Waals surface area contributed by atoms with Gasteiger partial charge in [-0.05, 0) is 48.2 Å². The normalized spacial score (nSPS) is 13.2. The van der Waals surface area contributed by atoms with Crippen LogP contribution in [0, 0.1) is 0 Å². The number of benzene rings is 2. The van der Waals surface area contributed by atoms with Gasteiger partial charge in [-0.2, -0.15) is 0 Å². The summed E-state index contributed by atoms with van der Waals surface area (Å²) in [5.41, 5.74) is 1.12. The van der Waals surface area contributed by atoms with Crippen LogP contribution in [0.15, 0.2) is 52.3 Å². The van der Waals surface area contributed by atoms with Gasteiger partial charge in [0.25, 0.3) is 10.0 Å². The average Bonchev–Trinajstić information content (AvgIpc) is 2.60. The molecule has 3 N–H and O–H groups in total. The summed E-state index contributed by atoms with van der Waals surface area (Å²) in [5.74, 6) is 0.368. The molecule has 1 atom stereocenters. The third-order valence-corrected chi connectivity index (χ3v) is 6.42. The molecule has 0 bridgehead atoms. The van der Waals surface area contributed by atoms with Gasteiger partial charge < -0.3 is 4.74 Å². The minimum atomic E-state index is -4.07. The molecule has 0 saturated carbocycles. The van der Waals surface area contributed by atoms with Crippen molar-refractivity contribution in [1.82, 2.24) is 0 Å². The Morgan fingerprint density at radius 2 is 1.69 bits per heavy atom. The van der Waals surface area contributed by atoms with Gasteiger partial charge in [-0.15, -0.1) is 0 Å². The average molecular weight is 399 g/mol. The van der Waals surface area contributed by atoms with Gasteiger partial charge >= 0.3 is 0 Å². The molecule has 2 aromatic rings. The lowest BCUT2D eigenvalue weighted by molar-refractivity contribution is 0.403. The molecule has 0 aliphatic rings. The first-order valence-electron chi connectivity index (χ1n) is 7.92. The van der Waals surface area contributed by atoms with Crippen LogP contribution in [-0.4, -0.2) is 23.9 Å². The van der Waals surface area contributed by atoms with Crippen molar-refractivity contribution in [3.63, 3.8) is 0 Å². The Labute approximate surface area is 154 Å². The zero-order valence-corrected chi connectivity index (χ0v) is 16.4. The summed E-state index contributed by atoms with van der Waals surface area (Å²) in [4.78, 5) is -0.218. The van der Waals surface area contributed by atoms with E-state index in [-0.39, 0.29) is 21.2 Å². The molecule has 2 aromatic carbocycles. The first kappa shape index (κ1) is 20.2. The van der Waals surface area contributed by atoms with Crippen molar-refractivity contribution in [3.05, 3.63) is 48.0 Å². The highest BCUT2D eigenvalue weighted by molar-refractivity contribution is 7.92. The molecule has 0 radical (unpaired) electrons. The van der Waals surface area contributed by atoms with E-state index in [9.17, 15) is 16.8 Å². The fourth-order valence-corrected chi connectivity index (χ4v) is 4.16. The van der Waals surface area contributed by atoms with E-state index in [0.717, 1.165) is 18.1 Å². The summed E-state index contributed by atoms with van der Waals surface area (Å²) >= 11 is 0. The van der Waals surface area contributed by atoms with E-state index in [4.69, 9.17) is 9.88 Å². The Balaban J connectivity index is 2.35. The Morgan fingerprint density at radius 3 is 2.19 bits per heavy atom. The van der Waals surface area contributed by atoms with Gasteiger partial charge in [0.2, 0.25) is 10.0 Å². The molecular weight excluding hydrogens is 376 g/mol. The van der Waals surface area contributed by atoms with E-state index >= 15 is 0 Å². The van der Waals surface area contributed by atoms with Gasteiger partial charge in [0.1, 0.15) is 10.6 Å². The van der Waals surface area contributed by atoms with Crippen LogP contribution in [0.5, 0.6) is 5.75 Å². The molecule has 0 saturated heterocycles. The summed E-state index contributed by atoms with van der Waals surface area (Å²) in [6.07, 6.45) is 0.951. The smallest absolute Gasteiger partial charge is 0.261 e. The fourth-order valence-electron chi connectivity index (χ4n) is 2.39. The van der Waals surface area contributed by atoms with E-state index in [0.29, 0.717) is 5.92 Å². The number of hydrogen-bond donors (Lipinski definition) is 2. The van der Waals surface area contributed by atoms with Crippen LogP contribution in [0.1, 0.15) is 31.7 Å². The number of anilines is 1. The van der Waals surface area contributed by atoms with Gasteiger partial charge in [0.05, 0.1) is 17.7 Å². The number of ether oxygens (including phenoxy) is 1. The van der Waals surface area contributed by atoms with Crippen molar-refractivity contribution < 1.29 is 21.6 Å². The minimum Gasteiger partial charge on any atom is -0.495 e. The monoisotopic (exact) mass is 398 g/mol. The number of nitrogens with two attached hydrogens (primary N) is 1. The molecule has 26 heavy (non-hydrogen) atoms. The van der Waals surface area contributed by atoms with E-state index in [1.807, 2.05) is 0 Å². The second-order valence-corrected chi connectivity index (χ2v) is 9.11. The van der Waals surface area contributed by atoms with Crippen molar-refractivity contribution >= 4 is 25.7 Å². The zero-order valence-electron chi connectivity index (χ0n) is 14.8. The second-order valence-electron chi connectivity index (χ2n) is 5.89. The maximum atomic E-state index is 12.5. The minimum absolute atomic E-state index is 0.0355. The molecule has 0 spiro atoms. The molecule has 142 valence electrons. The Morgan fingerprint density at radius 1 is 1.08 bits per heavy atom. The van der Waals surface area contributed by atoms with Crippen molar-refractivity contribution in [3.8, 4) is 5.75 Å². The number of methoxy groups -OCH3 is 1. The highest BCUT2D eigenvalue weighted by Gasteiger charge is 2.19. The van der Waals surface area contributed by atoms with Crippen molar-refractivity contribution in [2.24, 2.45) is 5.14 Å². The SMILES string of the molecule is CC[C@H](C)c1ccc(S(=O)(=O)Nc2ccc(OC)c(S(N)(=O)=O)c2)cc1. The Bertz CT molecular complexity index is 984. The van der Waals surface area contributed by atoms with Crippen LogP contribution >= 0.6 is 0 Å². The molecular formula is C17H22N2O5S2. The second kappa shape index (κ2) is 7.65. The molecule has 9 heteroatoms. The number of sulfonamides is 2. The number of rotatable bonds is 7. The van der Waals surface area contributed by atoms with E-state index in [2.05, 4.69) is 18.6 Å². The van der Waals surface area contributed by atoms with Gasteiger partial charge in [-0.3, -0.25) is 4.72 Å². The predicted octanol–water partition coefficient (Wildman–Crippen LogP) is 2.66. The lowest BCUT2D eigenvalue weighted by Crippen LogP contribution is -2.16. The van der Waals surface area contributed by atoms with Crippen LogP contribution in [0.25, 0.3) is 0 Å². The third-order valence-electron chi connectivity index (χ3n) is 4.09. The lowest BCUT2D eigenvalue weighted by Gasteiger charge is -2.13. The van der Waals surface area contributed by atoms with E-state index < -0.39 is 20.0 Å². The molecule has 0 fully saturated rings. The number of nitrogens with one attached hydrogen (secondary N) is 1. The summed E-state index contributed by atoms with van der Waals surface area (Å²) < 4.78 is 55.7. The summed E-state index contributed by atoms with van der Waals surface area (Å²) in [6.45, 7) is 4.12. The van der Waals surface area contributed by atoms with Crippen LogP contribution in [0.4, 0.5) is 5.69 Å². The summed E-state index contributed by atoms with van der Waals surface area (Å²) in [5, 5.41) is 5.15. The molecule has 0 aliphatic heterocycles. The van der Waals surface area contributed by atoms with Crippen LogP contribution in [0.2, 0.25) is 0 Å². The van der Waals surface area contributed by atoms with Gasteiger partial charge in [-0.1, -0.05) is 26.0 Å². The van der Waals surface area contributed by atoms with Crippen molar-refractivity contribution in [1.29, 1.82) is 0 Å².